The zero-order chi connectivity index (χ0) is 12.1. The van der Waals surface area contributed by atoms with Gasteiger partial charge in [-0.15, -0.1) is 0 Å². The van der Waals surface area contributed by atoms with Crippen molar-refractivity contribution in [3.63, 3.8) is 0 Å². The summed E-state index contributed by atoms with van der Waals surface area (Å²) < 4.78 is 0. The lowest BCUT2D eigenvalue weighted by atomic mass is 10.1. The molecule has 1 saturated heterocycles. The summed E-state index contributed by atoms with van der Waals surface area (Å²) >= 11 is 0. The van der Waals surface area contributed by atoms with Crippen molar-refractivity contribution in [3.05, 3.63) is 30.1 Å². The van der Waals surface area contributed by atoms with Crippen LogP contribution < -0.4 is 0 Å². The molecule has 1 aliphatic heterocycles. The molecule has 0 bridgehead atoms. The highest BCUT2D eigenvalue weighted by Crippen LogP contribution is 2.19. The number of aromatic nitrogens is 1. The summed E-state index contributed by atoms with van der Waals surface area (Å²) in [7, 11) is 0. The van der Waals surface area contributed by atoms with Crippen molar-refractivity contribution < 1.29 is 0 Å². The largest absolute Gasteiger partial charge is 0.301 e. The van der Waals surface area contributed by atoms with E-state index in [-0.39, 0.29) is 6.04 Å². The van der Waals surface area contributed by atoms with Gasteiger partial charge in [-0.25, -0.2) is 0 Å². The lowest BCUT2D eigenvalue weighted by Gasteiger charge is -2.36. The van der Waals surface area contributed by atoms with Crippen LogP contribution in [0.4, 0.5) is 0 Å². The molecule has 4 heteroatoms. The molecule has 17 heavy (non-hydrogen) atoms. The van der Waals surface area contributed by atoms with Crippen molar-refractivity contribution in [1.82, 2.24) is 14.8 Å². The first-order valence-corrected chi connectivity index (χ1v) is 6.12. The molecule has 0 saturated carbocycles. The Kier molecular flexibility index (Phi) is 4.08. The molecule has 1 aliphatic rings. The smallest absolute Gasteiger partial charge is 0.141 e. The minimum Gasteiger partial charge on any atom is -0.301 e. The van der Waals surface area contributed by atoms with E-state index in [1.54, 1.807) is 6.20 Å². The summed E-state index contributed by atoms with van der Waals surface area (Å²) in [5.74, 6) is 0. The number of hydrogen-bond acceptors (Lipinski definition) is 4. The number of rotatable bonds is 3. The molecule has 90 valence electrons. The first-order valence-electron chi connectivity index (χ1n) is 6.12. The van der Waals surface area contributed by atoms with Crippen LogP contribution >= 0.6 is 0 Å². The van der Waals surface area contributed by atoms with Crippen LogP contribution in [0.3, 0.4) is 0 Å². The van der Waals surface area contributed by atoms with Crippen molar-refractivity contribution >= 4 is 0 Å². The maximum atomic E-state index is 9.31. The van der Waals surface area contributed by atoms with Gasteiger partial charge < -0.3 is 4.90 Å². The van der Waals surface area contributed by atoms with Crippen LogP contribution in [0.15, 0.2) is 24.4 Å². The minimum atomic E-state index is -0.199. The Morgan fingerprint density at radius 1 is 1.35 bits per heavy atom. The molecule has 1 unspecified atom stereocenters. The van der Waals surface area contributed by atoms with Gasteiger partial charge in [0, 0.05) is 32.4 Å². The number of nitriles is 1. The zero-order valence-corrected chi connectivity index (χ0v) is 10.2. The van der Waals surface area contributed by atoms with Gasteiger partial charge in [0.25, 0.3) is 0 Å². The molecule has 2 heterocycles. The highest BCUT2D eigenvalue weighted by atomic mass is 15.3. The van der Waals surface area contributed by atoms with Gasteiger partial charge in [-0.05, 0) is 18.7 Å². The molecule has 0 amide bonds. The van der Waals surface area contributed by atoms with Crippen LogP contribution in [-0.2, 0) is 0 Å². The molecule has 1 aromatic heterocycles. The standard InChI is InChI=1S/C13H18N4/c1-2-16-7-9-17(10-8-16)13(11-14)12-5-3-4-6-15-12/h3-6,13H,2,7-10H2,1H3. The third-order valence-electron chi connectivity index (χ3n) is 3.31. The minimum absolute atomic E-state index is 0.199. The van der Waals surface area contributed by atoms with E-state index in [2.05, 4.69) is 27.8 Å². The summed E-state index contributed by atoms with van der Waals surface area (Å²) in [4.78, 5) is 8.91. The van der Waals surface area contributed by atoms with Crippen LogP contribution in [0.2, 0.25) is 0 Å². The second kappa shape index (κ2) is 5.76. The second-order valence-corrected chi connectivity index (χ2v) is 4.26. The normalized spacial score (nSPS) is 19.8. The second-order valence-electron chi connectivity index (χ2n) is 4.26. The van der Waals surface area contributed by atoms with E-state index >= 15 is 0 Å². The lowest BCUT2D eigenvalue weighted by Crippen LogP contribution is -2.47. The predicted molar refractivity (Wildman–Crippen MR) is 66.3 cm³/mol. The third-order valence-corrected chi connectivity index (χ3v) is 3.31. The van der Waals surface area contributed by atoms with Crippen LogP contribution in [0.25, 0.3) is 0 Å². The summed E-state index contributed by atoms with van der Waals surface area (Å²) in [6.07, 6.45) is 1.75. The SMILES string of the molecule is CCN1CCN(C(C#N)c2ccccn2)CC1. The molecular formula is C13H18N4. The Morgan fingerprint density at radius 2 is 2.12 bits per heavy atom. The molecule has 0 spiro atoms. The number of hydrogen-bond donors (Lipinski definition) is 0. The highest BCUT2D eigenvalue weighted by Gasteiger charge is 2.24. The highest BCUT2D eigenvalue weighted by molar-refractivity contribution is 5.16. The van der Waals surface area contributed by atoms with E-state index in [9.17, 15) is 5.26 Å². The third kappa shape index (κ3) is 2.82. The average Bonchev–Trinajstić information content (AvgIpc) is 2.42. The predicted octanol–water partition coefficient (Wildman–Crippen LogP) is 1.28. The zero-order valence-electron chi connectivity index (χ0n) is 10.2. The van der Waals surface area contributed by atoms with Gasteiger partial charge >= 0.3 is 0 Å². The van der Waals surface area contributed by atoms with Crippen LogP contribution in [0.5, 0.6) is 0 Å². The van der Waals surface area contributed by atoms with Crippen LogP contribution in [-0.4, -0.2) is 47.5 Å². The number of likely N-dealkylation sites (N-methyl/N-ethyl adjacent to an activating group) is 1. The molecule has 0 aromatic carbocycles. The summed E-state index contributed by atoms with van der Waals surface area (Å²) in [5.41, 5.74) is 0.861. The number of piperazine rings is 1. The van der Waals surface area contributed by atoms with E-state index < -0.39 is 0 Å². The van der Waals surface area contributed by atoms with Gasteiger partial charge in [0.1, 0.15) is 6.04 Å². The molecule has 1 fully saturated rings. The van der Waals surface area contributed by atoms with Gasteiger partial charge in [0.2, 0.25) is 0 Å². The average molecular weight is 230 g/mol. The van der Waals surface area contributed by atoms with E-state index in [1.165, 1.54) is 0 Å². The number of nitrogens with zero attached hydrogens (tertiary/aromatic N) is 4. The Hall–Kier alpha value is -1.44. The van der Waals surface area contributed by atoms with Crippen molar-refractivity contribution in [2.24, 2.45) is 0 Å². The summed E-state index contributed by atoms with van der Waals surface area (Å²) in [5, 5.41) is 9.31. The van der Waals surface area contributed by atoms with Crippen LogP contribution in [0.1, 0.15) is 18.7 Å². The Morgan fingerprint density at radius 3 is 2.65 bits per heavy atom. The van der Waals surface area contributed by atoms with Gasteiger partial charge in [0.15, 0.2) is 0 Å². The van der Waals surface area contributed by atoms with E-state index in [1.807, 2.05) is 18.2 Å². The Labute approximate surface area is 102 Å². The number of pyridine rings is 1. The molecule has 0 radical (unpaired) electrons. The van der Waals surface area contributed by atoms with E-state index in [0.717, 1.165) is 38.4 Å². The molecular weight excluding hydrogens is 212 g/mol. The Balaban J connectivity index is 2.04. The fourth-order valence-electron chi connectivity index (χ4n) is 2.21. The van der Waals surface area contributed by atoms with Crippen LogP contribution in [0, 0.1) is 11.3 Å². The maximum Gasteiger partial charge on any atom is 0.141 e. The molecule has 0 aliphatic carbocycles. The van der Waals surface area contributed by atoms with Crippen molar-refractivity contribution in [2.75, 3.05) is 32.7 Å². The molecule has 2 rings (SSSR count). The summed E-state index contributed by atoms with van der Waals surface area (Å²) in [6.45, 7) is 7.25. The first kappa shape index (κ1) is 12.0. The van der Waals surface area contributed by atoms with Gasteiger partial charge in [-0.3, -0.25) is 9.88 Å². The van der Waals surface area contributed by atoms with Gasteiger partial charge in [-0.1, -0.05) is 13.0 Å². The molecule has 1 atom stereocenters. The topological polar surface area (TPSA) is 43.2 Å². The van der Waals surface area contributed by atoms with Crippen molar-refractivity contribution in [1.29, 1.82) is 5.26 Å². The molecule has 1 aromatic rings. The van der Waals surface area contributed by atoms with Gasteiger partial charge in [-0.2, -0.15) is 5.26 Å². The van der Waals surface area contributed by atoms with E-state index in [0.29, 0.717) is 0 Å². The van der Waals surface area contributed by atoms with Crippen molar-refractivity contribution in [2.45, 2.75) is 13.0 Å². The van der Waals surface area contributed by atoms with Gasteiger partial charge in [0.05, 0.1) is 11.8 Å². The lowest BCUT2D eigenvalue weighted by molar-refractivity contribution is 0.117. The Bertz CT molecular complexity index is 376. The van der Waals surface area contributed by atoms with E-state index in [4.69, 9.17) is 0 Å². The molecule has 4 nitrogen and oxygen atoms in total. The molecule has 0 N–H and O–H groups in total. The summed E-state index contributed by atoms with van der Waals surface area (Å²) in [6, 6.07) is 7.92. The fraction of sp³-hybridized carbons (Fsp3) is 0.538. The fourth-order valence-corrected chi connectivity index (χ4v) is 2.21. The monoisotopic (exact) mass is 230 g/mol. The maximum absolute atomic E-state index is 9.31. The quantitative estimate of drug-likeness (QED) is 0.784. The first-order chi connectivity index (χ1) is 8.35. The van der Waals surface area contributed by atoms with Crippen molar-refractivity contribution in [3.8, 4) is 6.07 Å².